The lowest BCUT2D eigenvalue weighted by Gasteiger charge is -2.14. The van der Waals surface area contributed by atoms with Gasteiger partial charge in [-0.05, 0) is 34.0 Å². The summed E-state index contributed by atoms with van der Waals surface area (Å²) in [4.78, 5) is 0. The number of halogens is 1. The highest BCUT2D eigenvalue weighted by atomic mass is 79.9. The summed E-state index contributed by atoms with van der Waals surface area (Å²) < 4.78 is 6.41. The third-order valence-electron chi connectivity index (χ3n) is 2.42. The fourth-order valence-corrected chi connectivity index (χ4v) is 1.64. The summed E-state index contributed by atoms with van der Waals surface area (Å²) in [6, 6.07) is 2.42. The molecule has 0 fully saturated rings. The number of nitrogens with one attached hydrogen (secondary N) is 1. The van der Waals surface area contributed by atoms with Gasteiger partial charge in [0.25, 0.3) is 0 Å². The summed E-state index contributed by atoms with van der Waals surface area (Å²) in [6.07, 6.45) is 3.81. The van der Waals surface area contributed by atoms with E-state index in [1.54, 1.807) is 6.26 Å². The van der Waals surface area contributed by atoms with Crippen LogP contribution in [0.3, 0.4) is 0 Å². The summed E-state index contributed by atoms with van der Waals surface area (Å²) in [5.74, 6) is 1.41. The molecule has 16 heavy (non-hydrogen) atoms. The second-order valence-corrected chi connectivity index (χ2v) is 5.40. The van der Waals surface area contributed by atoms with Gasteiger partial charge in [0.1, 0.15) is 5.76 Å². The first kappa shape index (κ1) is 13.5. The molecule has 0 saturated carbocycles. The Hall–Kier alpha value is -0.540. The molecule has 1 heterocycles. The SMILES string of the molecule is CC(C)NC/C(=C/c1occc1Br)C(C)C. The summed E-state index contributed by atoms with van der Waals surface area (Å²) >= 11 is 3.47. The van der Waals surface area contributed by atoms with Gasteiger partial charge in [0, 0.05) is 12.6 Å². The molecular weight excluding hydrogens is 266 g/mol. The van der Waals surface area contributed by atoms with E-state index in [4.69, 9.17) is 4.42 Å². The van der Waals surface area contributed by atoms with Crippen LogP contribution in [0.1, 0.15) is 33.5 Å². The minimum absolute atomic E-state index is 0.502. The molecule has 90 valence electrons. The lowest BCUT2D eigenvalue weighted by Crippen LogP contribution is -2.26. The molecule has 3 heteroatoms. The highest BCUT2D eigenvalue weighted by Crippen LogP contribution is 2.22. The van der Waals surface area contributed by atoms with Crippen molar-refractivity contribution in [3.8, 4) is 0 Å². The number of rotatable bonds is 5. The van der Waals surface area contributed by atoms with Gasteiger partial charge >= 0.3 is 0 Å². The minimum Gasteiger partial charge on any atom is -0.464 e. The molecule has 0 bridgehead atoms. The van der Waals surface area contributed by atoms with E-state index in [-0.39, 0.29) is 0 Å². The molecule has 1 rings (SSSR count). The van der Waals surface area contributed by atoms with Crippen molar-refractivity contribution in [1.82, 2.24) is 5.32 Å². The molecule has 1 aromatic heterocycles. The van der Waals surface area contributed by atoms with Crippen LogP contribution in [0, 0.1) is 5.92 Å². The molecule has 1 aromatic rings. The van der Waals surface area contributed by atoms with Crippen molar-refractivity contribution < 1.29 is 4.42 Å². The Morgan fingerprint density at radius 3 is 2.56 bits per heavy atom. The maximum absolute atomic E-state index is 5.40. The third kappa shape index (κ3) is 4.14. The molecule has 0 aromatic carbocycles. The topological polar surface area (TPSA) is 25.2 Å². The van der Waals surface area contributed by atoms with Crippen LogP contribution in [0.15, 0.2) is 26.8 Å². The van der Waals surface area contributed by atoms with Crippen LogP contribution in [0.4, 0.5) is 0 Å². The van der Waals surface area contributed by atoms with E-state index in [1.807, 2.05) is 6.07 Å². The van der Waals surface area contributed by atoms with Gasteiger partial charge in [0.2, 0.25) is 0 Å². The Morgan fingerprint density at radius 1 is 1.44 bits per heavy atom. The van der Waals surface area contributed by atoms with E-state index >= 15 is 0 Å². The molecule has 0 saturated heterocycles. The predicted molar refractivity (Wildman–Crippen MR) is 72.4 cm³/mol. The fraction of sp³-hybridized carbons (Fsp3) is 0.538. The van der Waals surface area contributed by atoms with Crippen molar-refractivity contribution in [3.63, 3.8) is 0 Å². The predicted octanol–water partition coefficient (Wildman–Crippen LogP) is 4.08. The zero-order valence-corrected chi connectivity index (χ0v) is 12.0. The highest BCUT2D eigenvalue weighted by Gasteiger charge is 2.07. The van der Waals surface area contributed by atoms with E-state index in [9.17, 15) is 0 Å². The largest absolute Gasteiger partial charge is 0.464 e. The molecule has 2 nitrogen and oxygen atoms in total. The van der Waals surface area contributed by atoms with Crippen LogP contribution in [0.2, 0.25) is 0 Å². The Bertz CT molecular complexity index is 353. The first-order valence-corrected chi connectivity index (χ1v) is 6.47. The van der Waals surface area contributed by atoms with Gasteiger partial charge in [-0.25, -0.2) is 0 Å². The zero-order valence-electron chi connectivity index (χ0n) is 10.4. The van der Waals surface area contributed by atoms with Crippen LogP contribution in [0.5, 0.6) is 0 Å². The molecule has 0 atom stereocenters. The average molecular weight is 286 g/mol. The molecule has 0 aliphatic carbocycles. The van der Waals surface area contributed by atoms with Crippen molar-refractivity contribution in [2.45, 2.75) is 33.7 Å². The average Bonchev–Trinajstić information content (AvgIpc) is 2.58. The summed E-state index contributed by atoms with van der Waals surface area (Å²) in [5.41, 5.74) is 1.35. The van der Waals surface area contributed by atoms with Crippen LogP contribution in [-0.2, 0) is 0 Å². The van der Waals surface area contributed by atoms with Gasteiger partial charge < -0.3 is 9.73 Å². The highest BCUT2D eigenvalue weighted by molar-refractivity contribution is 9.10. The fourth-order valence-electron chi connectivity index (χ4n) is 1.32. The van der Waals surface area contributed by atoms with Gasteiger partial charge in [-0.3, -0.25) is 0 Å². The number of hydrogen-bond donors (Lipinski definition) is 1. The van der Waals surface area contributed by atoms with E-state index in [0.717, 1.165) is 16.8 Å². The summed E-state index contributed by atoms with van der Waals surface area (Å²) in [5, 5.41) is 3.43. The second kappa shape index (κ2) is 6.26. The van der Waals surface area contributed by atoms with Gasteiger partial charge in [0.05, 0.1) is 10.7 Å². The van der Waals surface area contributed by atoms with Crippen molar-refractivity contribution in [2.24, 2.45) is 5.92 Å². The first-order chi connectivity index (χ1) is 7.50. The maximum atomic E-state index is 5.40. The van der Waals surface area contributed by atoms with Gasteiger partial charge in [-0.1, -0.05) is 33.3 Å². The summed E-state index contributed by atoms with van der Waals surface area (Å²) in [6.45, 7) is 9.61. The summed E-state index contributed by atoms with van der Waals surface area (Å²) in [7, 11) is 0. The molecule has 1 N–H and O–H groups in total. The van der Waals surface area contributed by atoms with E-state index in [2.05, 4.69) is 55.0 Å². The Labute approximate surface area is 106 Å². The van der Waals surface area contributed by atoms with Crippen LogP contribution >= 0.6 is 15.9 Å². The van der Waals surface area contributed by atoms with Gasteiger partial charge in [0.15, 0.2) is 0 Å². The van der Waals surface area contributed by atoms with E-state index in [1.165, 1.54) is 5.57 Å². The molecule has 0 unspecified atom stereocenters. The molecule has 0 aliphatic heterocycles. The van der Waals surface area contributed by atoms with Crippen molar-refractivity contribution >= 4 is 22.0 Å². The van der Waals surface area contributed by atoms with Gasteiger partial charge in [-0.2, -0.15) is 0 Å². The van der Waals surface area contributed by atoms with E-state index < -0.39 is 0 Å². The van der Waals surface area contributed by atoms with Crippen molar-refractivity contribution in [2.75, 3.05) is 6.54 Å². The lowest BCUT2D eigenvalue weighted by atomic mass is 10.0. The monoisotopic (exact) mass is 285 g/mol. The molecule has 0 amide bonds. The molecule has 0 aliphatic rings. The minimum atomic E-state index is 0.502. The van der Waals surface area contributed by atoms with Crippen LogP contribution in [0.25, 0.3) is 6.08 Å². The standard InChI is InChI=1S/C13H20BrNO/c1-9(2)11(8-15-10(3)4)7-13-12(14)5-6-16-13/h5-7,9-10,15H,8H2,1-4H3/b11-7-. The maximum Gasteiger partial charge on any atom is 0.140 e. The normalized spacial score (nSPS) is 12.8. The van der Waals surface area contributed by atoms with Crippen molar-refractivity contribution in [3.05, 3.63) is 28.1 Å². The lowest BCUT2D eigenvalue weighted by molar-refractivity contribution is 0.550. The Morgan fingerprint density at radius 2 is 2.12 bits per heavy atom. The molecule has 0 spiro atoms. The Kier molecular flexibility index (Phi) is 5.29. The number of hydrogen-bond acceptors (Lipinski definition) is 2. The second-order valence-electron chi connectivity index (χ2n) is 4.54. The molecular formula is C13H20BrNO. The molecule has 0 radical (unpaired) electrons. The van der Waals surface area contributed by atoms with E-state index in [0.29, 0.717) is 12.0 Å². The van der Waals surface area contributed by atoms with Crippen LogP contribution in [-0.4, -0.2) is 12.6 Å². The zero-order chi connectivity index (χ0) is 12.1. The van der Waals surface area contributed by atoms with Crippen LogP contribution < -0.4 is 5.32 Å². The number of furan rings is 1. The van der Waals surface area contributed by atoms with Gasteiger partial charge in [-0.15, -0.1) is 0 Å². The van der Waals surface area contributed by atoms with Crippen molar-refractivity contribution in [1.29, 1.82) is 0 Å². The third-order valence-corrected chi connectivity index (χ3v) is 3.07. The first-order valence-electron chi connectivity index (χ1n) is 5.67. The Balaban J connectivity index is 2.77. The quantitative estimate of drug-likeness (QED) is 0.882. The smallest absolute Gasteiger partial charge is 0.140 e.